The highest BCUT2D eigenvalue weighted by atomic mass is 31.2. The van der Waals surface area contributed by atoms with Crippen molar-refractivity contribution in [2.45, 2.75) is 394 Å². The molecule has 0 saturated carbocycles. The first kappa shape index (κ1) is 91.1. The molecule has 0 aliphatic carbocycles. The van der Waals surface area contributed by atoms with Gasteiger partial charge in [0.25, 0.3) is 0 Å². The molecule has 0 aromatic carbocycles. The van der Waals surface area contributed by atoms with Gasteiger partial charge >= 0.3 is 39.5 Å². The molecular weight excluding hydrogens is 1220 g/mol. The highest BCUT2D eigenvalue weighted by Gasteiger charge is 2.30. The number of carbonyl (C=O) groups is 4. The number of aliphatic hydroxyl groups excluding tert-OH is 1. The standard InChI is InChI=1S/C74H144O17P2/c1-8-9-10-11-12-13-14-15-16-17-18-19-22-28-35-43-50-57-73(78)90-69(61-84-71(76)55-48-41-34-27-23-20-21-25-31-38-45-52-65(2)3)63-88-92(80,81)86-59-68(75)60-87-93(82,83)89-64-70(62-85-72(77)56-49-42-37-30-33-40-47-54-67(6)7)91-74(79)58-51-44-36-29-24-26-32-39-46-53-66(4)5/h65-70,75H,8-64H2,1-7H3,(H,80,81)(H,82,83)/t68-,69-,70-/m1/s1. The van der Waals surface area contributed by atoms with Crippen molar-refractivity contribution in [2.75, 3.05) is 39.6 Å². The molecule has 2 unspecified atom stereocenters. The number of ether oxygens (including phenoxy) is 4. The van der Waals surface area contributed by atoms with E-state index in [1.807, 2.05) is 0 Å². The lowest BCUT2D eigenvalue weighted by molar-refractivity contribution is -0.161. The Balaban J connectivity index is 5.25. The van der Waals surface area contributed by atoms with Gasteiger partial charge in [0.15, 0.2) is 12.2 Å². The molecule has 0 spiro atoms. The molecule has 0 aromatic heterocycles. The van der Waals surface area contributed by atoms with Gasteiger partial charge in [-0.05, 0) is 43.4 Å². The number of esters is 4. The van der Waals surface area contributed by atoms with Crippen molar-refractivity contribution in [3.8, 4) is 0 Å². The molecule has 0 rings (SSSR count). The van der Waals surface area contributed by atoms with Crippen molar-refractivity contribution in [3.63, 3.8) is 0 Å². The average Bonchev–Trinajstić information content (AvgIpc) is 1.64. The predicted octanol–water partition coefficient (Wildman–Crippen LogP) is 21.4. The summed E-state index contributed by atoms with van der Waals surface area (Å²) in [4.78, 5) is 72.7. The van der Waals surface area contributed by atoms with Gasteiger partial charge in [0.1, 0.15) is 19.3 Å². The van der Waals surface area contributed by atoms with E-state index in [4.69, 9.17) is 37.0 Å². The summed E-state index contributed by atoms with van der Waals surface area (Å²) in [6, 6.07) is 0. The summed E-state index contributed by atoms with van der Waals surface area (Å²) in [5, 5.41) is 10.6. The molecule has 0 heterocycles. The fourth-order valence-electron chi connectivity index (χ4n) is 11.2. The Morgan fingerprint density at radius 2 is 0.495 bits per heavy atom. The van der Waals surface area contributed by atoms with E-state index in [0.29, 0.717) is 31.6 Å². The van der Waals surface area contributed by atoms with Crippen LogP contribution in [0.25, 0.3) is 0 Å². The highest BCUT2D eigenvalue weighted by Crippen LogP contribution is 2.45. The van der Waals surface area contributed by atoms with Crippen molar-refractivity contribution >= 4 is 39.5 Å². The van der Waals surface area contributed by atoms with Crippen LogP contribution in [0.5, 0.6) is 0 Å². The van der Waals surface area contributed by atoms with Gasteiger partial charge in [-0.2, -0.15) is 0 Å². The first-order valence-corrected chi connectivity index (χ1v) is 41.3. The fourth-order valence-corrected chi connectivity index (χ4v) is 12.8. The number of rotatable bonds is 72. The lowest BCUT2D eigenvalue weighted by Gasteiger charge is -2.21. The van der Waals surface area contributed by atoms with Crippen LogP contribution in [-0.2, 0) is 65.4 Å². The fraction of sp³-hybridized carbons (Fsp3) is 0.946. The van der Waals surface area contributed by atoms with Gasteiger partial charge in [-0.1, -0.05) is 325 Å². The van der Waals surface area contributed by atoms with Gasteiger partial charge in [-0.15, -0.1) is 0 Å². The summed E-state index contributed by atoms with van der Waals surface area (Å²) in [5.74, 6) is 0.0911. The zero-order chi connectivity index (χ0) is 68.7. The molecule has 0 amide bonds. The van der Waals surface area contributed by atoms with E-state index in [9.17, 15) is 43.2 Å². The zero-order valence-corrected chi connectivity index (χ0v) is 62.5. The van der Waals surface area contributed by atoms with Crippen molar-refractivity contribution in [1.29, 1.82) is 0 Å². The monoisotopic (exact) mass is 1370 g/mol. The minimum atomic E-state index is -4.96. The molecule has 0 radical (unpaired) electrons. The molecule has 19 heteroatoms. The molecule has 0 aliphatic rings. The van der Waals surface area contributed by atoms with E-state index in [1.54, 1.807) is 0 Å². The van der Waals surface area contributed by atoms with Crippen LogP contribution in [0.3, 0.4) is 0 Å². The highest BCUT2D eigenvalue weighted by molar-refractivity contribution is 7.47. The Labute approximate surface area is 568 Å². The summed E-state index contributed by atoms with van der Waals surface area (Å²) in [6.07, 6.45) is 50.0. The average molecular weight is 1370 g/mol. The molecule has 0 saturated heterocycles. The molecule has 552 valence electrons. The van der Waals surface area contributed by atoms with E-state index in [2.05, 4.69) is 48.5 Å². The Hall–Kier alpha value is -1.94. The molecule has 3 N–H and O–H groups in total. The summed E-state index contributed by atoms with van der Waals surface area (Å²) < 4.78 is 68.4. The zero-order valence-electron chi connectivity index (χ0n) is 60.7. The quantitative estimate of drug-likeness (QED) is 0.0222. The van der Waals surface area contributed by atoms with Crippen LogP contribution in [-0.4, -0.2) is 96.7 Å². The Bertz CT molecular complexity index is 1820. The van der Waals surface area contributed by atoms with E-state index in [1.165, 1.54) is 180 Å². The Kier molecular flexibility index (Phi) is 63.4. The van der Waals surface area contributed by atoms with Gasteiger partial charge in [-0.3, -0.25) is 37.3 Å². The maximum Gasteiger partial charge on any atom is 0.472 e. The summed E-state index contributed by atoms with van der Waals surface area (Å²) in [5.41, 5.74) is 0. The van der Waals surface area contributed by atoms with Crippen LogP contribution in [0.4, 0.5) is 0 Å². The minimum absolute atomic E-state index is 0.104. The maximum absolute atomic E-state index is 13.1. The van der Waals surface area contributed by atoms with Crippen molar-refractivity contribution in [1.82, 2.24) is 0 Å². The predicted molar refractivity (Wildman–Crippen MR) is 377 cm³/mol. The Morgan fingerprint density at radius 3 is 0.731 bits per heavy atom. The molecule has 5 atom stereocenters. The van der Waals surface area contributed by atoms with Crippen molar-refractivity contribution in [2.24, 2.45) is 17.8 Å². The summed E-state index contributed by atoms with van der Waals surface area (Å²) in [7, 11) is -9.91. The number of hydrogen-bond acceptors (Lipinski definition) is 15. The lowest BCUT2D eigenvalue weighted by Crippen LogP contribution is -2.30. The normalized spacial score (nSPS) is 14.1. The summed E-state index contributed by atoms with van der Waals surface area (Å²) >= 11 is 0. The second-order valence-electron chi connectivity index (χ2n) is 28.1. The van der Waals surface area contributed by atoms with E-state index < -0.39 is 97.5 Å². The number of aliphatic hydroxyl groups is 1. The Morgan fingerprint density at radius 1 is 0.290 bits per heavy atom. The van der Waals surface area contributed by atoms with Crippen LogP contribution < -0.4 is 0 Å². The maximum atomic E-state index is 13.1. The molecule has 17 nitrogen and oxygen atoms in total. The van der Waals surface area contributed by atoms with Crippen LogP contribution in [0.1, 0.15) is 376 Å². The molecule has 0 bridgehead atoms. The topological polar surface area (TPSA) is 237 Å². The van der Waals surface area contributed by atoms with Crippen molar-refractivity contribution < 1.29 is 80.2 Å². The summed E-state index contributed by atoms with van der Waals surface area (Å²) in [6.45, 7) is 11.8. The smallest absolute Gasteiger partial charge is 0.462 e. The second-order valence-corrected chi connectivity index (χ2v) is 31.0. The third kappa shape index (κ3) is 68.4. The lowest BCUT2D eigenvalue weighted by atomic mass is 10.0. The van der Waals surface area contributed by atoms with Gasteiger partial charge in [0.2, 0.25) is 0 Å². The second kappa shape index (κ2) is 64.7. The first-order chi connectivity index (χ1) is 44.7. The van der Waals surface area contributed by atoms with E-state index in [-0.39, 0.29) is 25.7 Å². The van der Waals surface area contributed by atoms with Crippen LogP contribution in [0.15, 0.2) is 0 Å². The van der Waals surface area contributed by atoms with Gasteiger partial charge in [0.05, 0.1) is 26.4 Å². The number of hydrogen-bond donors (Lipinski definition) is 3. The SMILES string of the molecule is CCCCCCCCCCCCCCCCCCCC(=O)O[C@H](COC(=O)CCCCCCCCCCCCCC(C)C)COP(=O)(O)OC[C@@H](O)COP(=O)(O)OC[C@@H](COC(=O)CCCCCCCCCC(C)C)OC(=O)CCCCCCCCCCCC(C)C. The third-order valence-corrected chi connectivity index (χ3v) is 19.0. The van der Waals surface area contributed by atoms with Crippen LogP contribution in [0.2, 0.25) is 0 Å². The number of carbonyl (C=O) groups excluding carboxylic acids is 4. The molecule has 93 heavy (non-hydrogen) atoms. The molecule has 0 aromatic rings. The third-order valence-electron chi connectivity index (χ3n) is 17.1. The van der Waals surface area contributed by atoms with E-state index >= 15 is 0 Å². The van der Waals surface area contributed by atoms with Gasteiger partial charge < -0.3 is 33.8 Å². The van der Waals surface area contributed by atoms with Crippen LogP contribution in [0, 0.1) is 17.8 Å². The number of phosphoric acid groups is 2. The minimum Gasteiger partial charge on any atom is -0.462 e. The molecule has 0 fully saturated rings. The van der Waals surface area contributed by atoms with E-state index in [0.717, 1.165) is 108 Å². The number of unbranched alkanes of at least 4 members (excludes halogenated alkanes) is 40. The largest absolute Gasteiger partial charge is 0.472 e. The molecule has 0 aliphatic heterocycles. The number of phosphoric ester groups is 2. The van der Waals surface area contributed by atoms with Gasteiger partial charge in [-0.25, -0.2) is 9.13 Å². The van der Waals surface area contributed by atoms with Gasteiger partial charge in [0, 0.05) is 25.7 Å². The first-order valence-electron chi connectivity index (χ1n) is 38.3. The van der Waals surface area contributed by atoms with Crippen LogP contribution >= 0.6 is 15.6 Å². The van der Waals surface area contributed by atoms with Crippen molar-refractivity contribution in [3.05, 3.63) is 0 Å². The molecular formula is C74H144O17P2.